The van der Waals surface area contributed by atoms with Crippen LogP contribution in [0.3, 0.4) is 0 Å². The van der Waals surface area contributed by atoms with Crippen molar-refractivity contribution in [3.8, 4) is 0 Å². The van der Waals surface area contributed by atoms with Crippen molar-refractivity contribution >= 4 is 11.6 Å². The maximum absolute atomic E-state index is 6.13. The van der Waals surface area contributed by atoms with E-state index in [1.165, 1.54) is 0 Å². The molecule has 19 heavy (non-hydrogen) atoms. The van der Waals surface area contributed by atoms with E-state index in [2.05, 4.69) is 21.5 Å². The molecule has 0 fully saturated rings. The van der Waals surface area contributed by atoms with E-state index in [1.807, 2.05) is 26.0 Å². The number of nitrogens with two attached hydrogens (primary N) is 1. The van der Waals surface area contributed by atoms with E-state index in [0.29, 0.717) is 11.4 Å². The van der Waals surface area contributed by atoms with Gasteiger partial charge >= 0.3 is 0 Å². The molecular formula is C14H17ClN4. The molecule has 3 N–H and O–H groups in total. The Morgan fingerprint density at radius 3 is 2.74 bits per heavy atom. The highest BCUT2D eigenvalue weighted by atomic mass is 35.5. The molecule has 0 aliphatic heterocycles. The van der Waals surface area contributed by atoms with Crippen molar-refractivity contribution in [2.45, 2.75) is 26.3 Å². The Balaban J connectivity index is 2.28. The Hall–Kier alpha value is -1.49. The fourth-order valence-electron chi connectivity index (χ4n) is 2.11. The van der Waals surface area contributed by atoms with Gasteiger partial charge in [0.1, 0.15) is 0 Å². The minimum atomic E-state index is -0.0204. The van der Waals surface area contributed by atoms with E-state index in [4.69, 9.17) is 17.4 Å². The lowest BCUT2D eigenvalue weighted by atomic mass is 9.98. The Labute approximate surface area is 118 Å². The van der Waals surface area contributed by atoms with Crippen LogP contribution in [0.1, 0.15) is 28.6 Å². The highest BCUT2D eigenvalue weighted by Gasteiger charge is 2.15. The van der Waals surface area contributed by atoms with Crippen LogP contribution in [-0.2, 0) is 6.42 Å². The molecule has 0 aromatic carbocycles. The van der Waals surface area contributed by atoms with Crippen LogP contribution in [0.4, 0.5) is 0 Å². The summed E-state index contributed by atoms with van der Waals surface area (Å²) in [6, 6.07) is 5.93. The van der Waals surface area contributed by atoms with E-state index < -0.39 is 0 Å². The molecule has 2 rings (SSSR count). The number of hydrogen-bond donors (Lipinski definition) is 2. The van der Waals surface area contributed by atoms with Gasteiger partial charge in [0.2, 0.25) is 0 Å². The third-order valence-electron chi connectivity index (χ3n) is 3.12. The van der Waals surface area contributed by atoms with Crippen LogP contribution < -0.4 is 11.3 Å². The second-order valence-corrected chi connectivity index (χ2v) is 4.92. The number of pyridine rings is 2. The van der Waals surface area contributed by atoms with Crippen molar-refractivity contribution in [3.63, 3.8) is 0 Å². The summed E-state index contributed by atoms with van der Waals surface area (Å²) in [5.74, 6) is 5.67. The molecule has 0 radical (unpaired) electrons. The first kappa shape index (κ1) is 13.9. The summed E-state index contributed by atoms with van der Waals surface area (Å²) in [6.45, 7) is 3.96. The average Bonchev–Trinajstić information content (AvgIpc) is 2.39. The molecular weight excluding hydrogens is 260 g/mol. The third kappa shape index (κ3) is 3.29. The number of hydrazine groups is 1. The standard InChI is InChI=1S/C14H17ClN4/c1-9-3-4-12(10(2)18-9)14(19-16)7-11-5-6-17-8-13(11)15/h3-6,8,14,19H,7,16H2,1-2H3. The van der Waals surface area contributed by atoms with Gasteiger partial charge in [0, 0.05) is 23.8 Å². The minimum Gasteiger partial charge on any atom is -0.271 e. The number of nitrogens with zero attached hydrogens (tertiary/aromatic N) is 2. The predicted molar refractivity (Wildman–Crippen MR) is 76.7 cm³/mol. The van der Waals surface area contributed by atoms with Gasteiger partial charge in [-0.1, -0.05) is 17.7 Å². The van der Waals surface area contributed by atoms with Crippen molar-refractivity contribution in [2.24, 2.45) is 5.84 Å². The Morgan fingerprint density at radius 1 is 1.32 bits per heavy atom. The molecule has 5 heteroatoms. The van der Waals surface area contributed by atoms with Crippen molar-refractivity contribution < 1.29 is 0 Å². The van der Waals surface area contributed by atoms with Gasteiger partial charge in [0.15, 0.2) is 0 Å². The molecule has 0 amide bonds. The number of nitrogens with one attached hydrogen (secondary N) is 1. The molecule has 2 heterocycles. The normalized spacial score (nSPS) is 12.4. The zero-order valence-corrected chi connectivity index (χ0v) is 11.8. The van der Waals surface area contributed by atoms with Crippen molar-refractivity contribution in [1.29, 1.82) is 0 Å². The van der Waals surface area contributed by atoms with Gasteiger partial charge in [-0.15, -0.1) is 0 Å². The number of hydrogen-bond acceptors (Lipinski definition) is 4. The Bertz CT molecular complexity index is 571. The second kappa shape index (κ2) is 6.10. The summed E-state index contributed by atoms with van der Waals surface area (Å²) in [7, 11) is 0. The van der Waals surface area contributed by atoms with E-state index in [1.54, 1.807) is 12.4 Å². The van der Waals surface area contributed by atoms with E-state index in [-0.39, 0.29) is 6.04 Å². The summed E-state index contributed by atoms with van der Waals surface area (Å²) in [6.07, 6.45) is 4.07. The van der Waals surface area contributed by atoms with Crippen molar-refractivity contribution in [2.75, 3.05) is 0 Å². The summed E-state index contributed by atoms with van der Waals surface area (Å²) in [5, 5.41) is 0.653. The van der Waals surface area contributed by atoms with Crippen LogP contribution in [0.2, 0.25) is 5.02 Å². The zero-order valence-electron chi connectivity index (χ0n) is 11.0. The SMILES string of the molecule is Cc1ccc(C(Cc2ccncc2Cl)NN)c(C)n1. The molecule has 1 atom stereocenters. The second-order valence-electron chi connectivity index (χ2n) is 4.52. The molecule has 0 spiro atoms. The quantitative estimate of drug-likeness (QED) is 0.665. The van der Waals surface area contributed by atoms with E-state index in [0.717, 1.165) is 22.5 Å². The van der Waals surface area contributed by atoms with Gasteiger partial charge in [-0.25, -0.2) is 0 Å². The molecule has 100 valence electrons. The van der Waals surface area contributed by atoms with Gasteiger partial charge in [0.05, 0.1) is 11.1 Å². The topological polar surface area (TPSA) is 63.8 Å². The first-order valence-electron chi connectivity index (χ1n) is 6.10. The first-order chi connectivity index (χ1) is 9.11. The van der Waals surface area contributed by atoms with Crippen LogP contribution >= 0.6 is 11.6 Å². The zero-order chi connectivity index (χ0) is 13.8. The minimum absolute atomic E-state index is 0.0204. The predicted octanol–water partition coefficient (Wildman–Crippen LogP) is 2.49. The van der Waals surface area contributed by atoms with Crippen LogP contribution in [-0.4, -0.2) is 9.97 Å². The van der Waals surface area contributed by atoms with Gasteiger partial charge in [-0.2, -0.15) is 0 Å². The number of halogens is 1. The lowest BCUT2D eigenvalue weighted by molar-refractivity contribution is 0.546. The van der Waals surface area contributed by atoms with Crippen LogP contribution in [0.5, 0.6) is 0 Å². The number of aromatic nitrogens is 2. The van der Waals surface area contributed by atoms with Crippen molar-refractivity contribution in [1.82, 2.24) is 15.4 Å². The summed E-state index contributed by atoms with van der Waals surface area (Å²) in [4.78, 5) is 8.45. The van der Waals surface area contributed by atoms with Crippen LogP contribution in [0, 0.1) is 13.8 Å². The van der Waals surface area contributed by atoms with Gasteiger partial charge in [-0.05, 0) is 43.5 Å². The molecule has 2 aromatic rings. The maximum Gasteiger partial charge on any atom is 0.0622 e. The van der Waals surface area contributed by atoms with Crippen molar-refractivity contribution in [3.05, 3.63) is 58.1 Å². The van der Waals surface area contributed by atoms with Gasteiger partial charge in [0.25, 0.3) is 0 Å². The fourth-order valence-corrected chi connectivity index (χ4v) is 2.31. The average molecular weight is 277 g/mol. The van der Waals surface area contributed by atoms with E-state index in [9.17, 15) is 0 Å². The summed E-state index contributed by atoms with van der Waals surface area (Å²) >= 11 is 6.13. The van der Waals surface area contributed by atoms with Crippen LogP contribution in [0.25, 0.3) is 0 Å². The monoisotopic (exact) mass is 276 g/mol. The van der Waals surface area contributed by atoms with E-state index >= 15 is 0 Å². The molecule has 0 saturated carbocycles. The summed E-state index contributed by atoms with van der Waals surface area (Å²) in [5.41, 5.74) is 6.91. The molecule has 0 saturated heterocycles. The molecule has 4 nitrogen and oxygen atoms in total. The lowest BCUT2D eigenvalue weighted by Crippen LogP contribution is -2.30. The highest BCUT2D eigenvalue weighted by Crippen LogP contribution is 2.23. The Kier molecular flexibility index (Phi) is 4.47. The van der Waals surface area contributed by atoms with Gasteiger partial charge in [-0.3, -0.25) is 21.2 Å². The molecule has 0 aliphatic carbocycles. The van der Waals surface area contributed by atoms with Gasteiger partial charge < -0.3 is 0 Å². The number of aryl methyl sites for hydroxylation is 2. The lowest BCUT2D eigenvalue weighted by Gasteiger charge is -2.19. The molecule has 0 bridgehead atoms. The smallest absolute Gasteiger partial charge is 0.0622 e. The number of rotatable bonds is 4. The first-order valence-corrected chi connectivity index (χ1v) is 6.48. The fraction of sp³-hybridized carbons (Fsp3) is 0.286. The molecule has 0 aliphatic rings. The summed E-state index contributed by atoms with van der Waals surface area (Å²) < 4.78 is 0. The van der Waals surface area contributed by atoms with Crippen LogP contribution in [0.15, 0.2) is 30.6 Å². The third-order valence-corrected chi connectivity index (χ3v) is 3.46. The Morgan fingerprint density at radius 2 is 2.11 bits per heavy atom. The molecule has 1 unspecified atom stereocenters. The molecule has 2 aromatic heterocycles. The largest absolute Gasteiger partial charge is 0.271 e. The highest BCUT2D eigenvalue weighted by molar-refractivity contribution is 6.31. The maximum atomic E-state index is 6.13.